The molecule has 1 unspecified atom stereocenters. The second-order valence-electron chi connectivity index (χ2n) is 6.10. The second-order valence-corrected chi connectivity index (χ2v) is 6.92. The van der Waals surface area contributed by atoms with Gasteiger partial charge in [-0.25, -0.2) is 0 Å². The van der Waals surface area contributed by atoms with Crippen molar-refractivity contribution in [1.82, 2.24) is 4.90 Å². The number of para-hydroxylation sites is 1. The molecular formula is C17H22Cl2N2O3. The van der Waals surface area contributed by atoms with Gasteiger partial charge in [-0.1, -0.05) is 35.7 Å². The van der Waals surface area contributed by atoms with E-state index in [9.17, 15) is 4.79 Å². The van der Waals surface area contributed by atoms with E-state index in [2.05, 4.69) is 10.2 Å². The number of halogens is 2. The lowest BCUT2D eigenvalue weighted by molar-refractivity contribution is -0.120. The van der Waals surface area contributed by atoms with Crippen LogP contribution in [0.3, 0.4) is 0 Å². The fraction of sp³-hybridized carbons (Fsp3) is 0.588. The molecule has 7 heteroatoms. The van der Waals surface area contributed by atoms with Crippen LogP contribution in [0.5, 0.6) is 0 Å². The van der Waals surface area contributed by atoms with E-state index in [4.69, 9.17) is 32.7 Å². The van der Waals surface area contributed by atoms with Crippen LogP contribution in [0.4, 0.5) is 5.69 Å². The van der Waals surface area contributed by atoms with Crippen LogP contribution >= 0.6 is 23.2 Å². The standard InChI is InChI=1S/C17H22Cl2N2O3/c18-12-4-3-5-13(19)16(12)20-15(22)7-9-21-8-2-1-6-14(21)17-23-10-11-24-17/h3-5,14,17H,1-2,6-11H2,(H,20,22). The first kappa shape index (κ1) is 18.0. The number of piperidine rings is 1. The van der Waals surface area contributed by atoms with Crippen LogP contribution in [0.15, 0.2) is 18.2 Å². The van der Waals surface area contributed by atoms with Crippen molar-refractivity contribution in [1.29, 1.82) is 0 Å². The van der Waals surface area contributed by atoms with Gasteiger partial charge in [0.05, 0.1) is 35.0 Å². The number of hydrogen-bond acceptors (Lipinski definition) is 4. The number of nitrogens with zero attached hydrogens (tertiary/aromatic N) is 1. The Morgan fingerprint density at radius 3 is 2.62 bits per heavy atom. The molecule has 1 aromatic carbocycles. The number of carbonyl (C=O) groups is 1. The van der Waals surface area contributed by atoms with Crippen molar-refractivity contribution in [2.24, 2.45) is 0 Å². The van der Waals surface area contributed by atoms with Gasteiger partial charge in [0.1, 0.15) is 0 Å². The maximum absolute atomic E-state index is 12.3. The Morgan fingerprint density at radius 2 is 1.92 bits per heavy atom. The molecular weight excluding hydrogens is 351 g/mol. The van der Waals surface area contributed by atoms with Crippen molar-refractivity contribution >= 4 is 34.8 Å². The number of amides is 1. The summed E-state index contributed by atoms with van der Waals surface area (Å²) < 4.78 is 11.3. The number of ether oxygens (including phenoxy) is 2. The van der Waals surface area contributed by atoms with Gasteiger partial charge in [0, 0.05) is 13.0 Å². The predicted molar refractivity (Wildman–Crippen MR) is 94.6 cm³/mol. The molecule has 2 saturated heterocycles. The van der Waals surface area contributed by atoms with Crippen LogP contribution in [0, 0.1) is 0 Å². The number of hydrogen-bond donors (Lipinski definition) is 1. The van der Waals surface area contributed by atoms with Gasteiger partial charge in [-0.3, -0.25) is 9.69 Å². The summed E-state index contributed by atoms with van der Waals surface area (Å²) >= 11 is 12.2. The molecule has 0 aliphatic carbocycles. The SMILES string of the molecule is O=C(CCN1CCCCC1C1OCCO1)Nc1c(Cl)cccc1Cl. The summed E-state index contributed by atoms with van der Waals surface area (Å²) in [7, 11) is 0. The third kappa shape index (κ3) is 4.41. The minimum Gasteiger partial charge on any atom is -0.349 e. The Labute approximate surface area is 152 Å². The van der Waals surface area contributed by atoms with Crippen LogP contribution in [0.2, 0.25) is 10.0 Å². The lowest BCUT2D eigenvalue weighted by Crippen LogP contribution is -2.48. The van der Waals surface area contributed by atoms with Crippen molar-refractivity contribution in [2.45, 2.75) is 38.0 Å². The van der Waals surface area contributed by atoms with Crippen LogP contribution in [-0.4, -0.2) is 49.4 Å². The molecule has 2 fully saturated rings. The minimum atomic E-state index is -0.161. The predicted octanol–water partition coefficient (Wildman–Crippen LogP) is 3.55. The summed E-state index contributed by atoms with van der Waals surface area (Å²) in [5, 5.41) is 3.70. The molecule has 1 amide bonds. The molecule has 2 heterocycles. The Hall–Kier alpha value is -0.850. The molecule has 24 heavy (non-hydrogen) atoms. The molecule has 132 valence electrons. The number of anilines is 1. The van der Waals surface area contributed by atoms with E-state index in [1.54, 1.807) is 18.2 Å². The number of carbonyl (C=O) groups excluding carboxylic acids is 1. The number of nitrogens with one attached hydrogen (secondary N) is 1. The molecule has 1 atom stereocenters. The van der Waals surface area contributed by atoms with E-state index in [1.165, 1.54) is 6.42 Å². The largest absolute Gasteiger partial charge is 0.349 e. The summed E-state index contributed by atoms with van der Waals surface area (Å²) in [5.41, 5.74) is 0.475. The van der Waals surface area contributed by atoms with Gasteiger partial charge in [-0.15, -0.1) is 0 Å². The molecule has 0 aromatic heterocycles. The first-order chi connectivity index (χ1) is 11.6. The summed E-state index contributed by atoms with van der Waals surface area (Å²) in [6, 6.07) is 5.40. The van der Waals surface area contributed by atoms with Crippen molar-refractivity contribution < 1.29 is 14.3 Å². The average molecular weight is 373 g/mol. The second kappa shape index (κ2) is 8.50. The molecule has 2 aliphatic rings. The first-order valence-corrected chi connectivity index (χ1v) is 9.12. The van der Waals surface area contributed by atoms with Crippen LogP contribution in [0.1, 0.15) is 25.7 Å². The Morgan fingerprint density at radius 1 is 1.21 bits per heavy atom. The third-order valence-electron chi connectivity index (χ3n) is 4.48. The first-order valence-electron chi connectivity index (χ1n) is 8.36. The van der Waals surface area contributed by atoms with E-state index in [-0.39, 0.29) is 18.2 Å². The molecule has 2 aliphatic heterocycles. The third-order valence-corrected chi connectivity index (χ3v) is 5.11. The van der Waals surface area contributed by atoms with Gasteiger partial charge in [0.15, 0.2) is 6.29 Å². The highest BCUT2D eigenvalue weighted by molar-refractivity contribution is 6.39. The zero-order chi connectivity index (χ0) is 16.9. The van der Waals surface area contributed by atoms with Gasteiger partial charge >= 0.3 is 0 Å². The smallest absolute Gasteiger partial charge is 0.225 e. The fourth-order valence-electron chi connectivity index (χ4n) is 3.27. The average Bonchev–Trinajstić information content (AvgIpc) is 3.11. The van der Waals surface area contributed by atoms with Gasteiger partial charge in [-0.2, -0.15) is 0 Å². The lowest BCUT2D eigenvalue weighted by atomic mass is 10.0. The molecule has 5 nitrogen and oxygen atoms in total. The molecule has 0 bridgehead atoms. The van der Waals surface area contributed by atoms with E-state index >= 15 is 0 Å². The fourth-order valence-corrected chi connectivity index (χ4v) is 3.76. The van der Waals surface area contributed by atoms with E-state index < -0.39 is 0 Å². The van der Waals surface area contributed by atoms with Crippen molar-refractivity contribution in [3.05, 3.63) is 28.2 Å². The topological polar surface area (TPSA) is 50.8 Å². The number of benzene rings is 1. The normalized spacial score (nSPS) is 22.7. The van der Waals surface area contributed by atoms with E-state index in [0.29, 0.717) is 41.9 Å². The van der Waals surface area contributed by atoms with E-state index in [1.807, 2.05) is 0 Å². The Bertz CT molecular complexity index is 559. The van der Waals surface area contributed by atoms with Gasteiger partial charge in [-0.05, 0) is 31.5 Å². The maximum atomic E-state index is 12.3. The van der Waals surface area contributed by atoms with Gasteiger partial charge in [0.2, 0.25) is 5.91 Å². The number of rotatable bonds is 5. The summed E-state index contributed by atoms with van der Waals surface area (Å²) in [6.07, 6.45) is 3.58. The highest BCUT2D eigenvalue weighted by Gasteiger charge is 2.33. The molecule has 1 aromatic rings. The Kier molecular flexibility index (Phi) is 6.36. The van der Waals surface area contributed by atoms with Crippen LogP contribution < -0.4 is 5.32 Å². The zero-order valence-corrected chi connectivity index (χ0v) is 15.0. The molecule has 0 radical (unpaired) electrons. The number of likely N-dealkylation sites (tertiary alicyclic amines) is 1. The Balaban J connectivity index is 1.54. The van der Waals surface area contributed by atoms with Crippen LogP contribution in [0.25, 0.3) is 0 Å². The van der Waals surface area contributed by atoms with Crippen molar-refractivity contribution in [3.8, 4) is 0 Å². The molecule has 0 saturated carbocycles. The van der Waals surface area contributed by atoms with Crippen molar-refractivity contribution in [3.63, 3.8) is 0 Å². The van der Waals surface area contributed by atoms with Crippen molar-refractivity contribution in [2.75, 3.05) is 31.6 Å². The monoisotopic (exact) mass is 372 g/mol. The maximum Gasteiger partial charge on any atom is 0.225 e. The summed E-state index contributed by atoms with van der Waals surface area (Å²) in [5.74, 6) is -0.0948. The molecule has 0 spiro atoms. The summed E-state index contributed by atoms with van der Waals surface area (Å²) in [4.78, 5) is 14.6. The highest BCUT2D eigenvalue weighted by Crippen LogP contribution is 2.30. The van der Waals surface area contributed by atoms with E-state index in [0.717, 1.165) is 19.4 Å². The highest BCUT2D eigenvalue weighted by atomic mass is 35.5. The molecule has 1 N–H and O–H groups in total. The van der Waals surface area contributed by atoms with Crippen LogP contribution in [-0.2, 0) is 14.3 Å². The van der Waals surface area contributed by atoms with Gasteiger partial charge < -0.3 is 14.8 Å². The van der Waals surface area contributed by atoms with Gasteiger partial charge in [0.25, 0.3) is 0 Å². The minimum absolute atomic E-state index is 0.0948. The quantitative estimate of drug-likeness (QED) is 0.858. The lowest BCUT2D eigenvalue weighted by Gasteiger charge is -2.37. The zero-order valence-electron chi connectivity index (χ0n) is 13.5. The summed E-state index contributed by atoms with van der Waals surface area (Å²) in [6.45, 7) is 2.94. The molecule has 3 rings (SSSR count).